The molecule has 84 valence electrons. The van der Waals surface area contributed by atoms with E-state index in [2.05, 4.69) is 28.9 Å². The van der Waals surface area contributed by atoms with E-state index in [1.54, 1.807) is 11.3 Å². The first-order valence-electron chi connectivity index (χ1n) is 5.28. The summed E-state index contributed by atoms with van der Waals surface area (Å²) in [4.78, 5) is 1.40. The lowest BCUT2D eigenvalue weighted by atomic mass is 10.2. The van der Waals surface area contributed by atoms with Crippen molar-refractivity contribution in [2.75, 3.05) is 11.9 Å². The van der Waals surface area contributed by atoms with Crippen molar-refractivity contribution >= 4 is 28.6 Å². The highest BCUT2D eigenvalue weighted by Gasteiger charge is 1.99. The molecule has 0 amide bonds. The Kier molecular flexibility index (Phi) is 3.86. The van der Waals surface area contributed by atoms with Gasteiger partial charge in [0.15, 0.2) is 0 Å². The summed E-state index contributed by atoms with van der Waals surface area (Å²) in [5.41, 5.74) is 2.21. The van der Waals surface area contributed by atoms with E-state index in [1.807, 2.05) is 19.1 Å². The molecule has 0 aliphatic heterocycles. The maximum atomic E-state index is 6.13. The first kappa shape index (κ1) is 11.5. The van der Waals surface area contributed by atoms with Gasteiger partial charge < -0.3 is 5.32 Å². The summed E-state index contributed by atoms with van der Waals surface area (Å²) < 4.78 is 0. The zero-order valence-corrected chi connectivity index (χ0v) is 10.7. The van der Waals surface area contributed by atoms with E-state index in [0.717, 1.165) is 23.7 Å². The van der Waals surface area contributed by atoms with Crippen LogP contribution in [0.1, 0.15) is 10.4 Å². The van der Waals surface area contributed by atoms with Crippen molar-refractivity contribution in [3.63, 3.8) is 0 Å². The van der Waals surface area contributed by atoms with Crippen LogP contribution in [0, 0.1) is 6.92 Å². The molecule has 0 radical (unpaired) electrons. The average molecular weight is 252 g/mol. The van der Waals surface area contributed by atoms with Gasteiger partial charge in [-0.25, -0.2) is 0 Å². The Bertz CT molecular complexity index is 451. The smallest absolute Gasteiger partial charge is 0.0640 e. The molecule has 0 bridgehead atoms. The Labute approximate surface area is 105 Å². The van der Waals surface area contributed by atoms with Crippen LogP contribution in [0.2, 0.25) is 5.02 Å². The summed E-state index contributed by atoms with van der Waals surface area (Å²) in [5, 5.41) is 6.26. The second kappa shape index (κ2) is 5.37. The summed E-state index contributed by atoms with van der Waals surface area (Å²) >= 11 is 7.92. The molecule has 0 atom stereocenters. The van der Waals surface area contributed by atoms with Gasteiger partial charge in [-0.05, 0) is 42.5 Å². The molecule has 0 saturated carbocycles. The molecule has 1 heterocycles. The molecule has 1 aromatic carbocycles. The highest BCUT2D eigenvalue weighted by atomic mass is 35.5. The van der Waals surface area contributed by atoms with E-state index in [-0.39, 0.29) is 0 Å². The molecule has 0 fully saturated rings. The van der Waals surface area contributed by atoms with Crippen molar-refractivity contribution in [3.05, 3.63) is 51.2 Å². The lowest BCUT2D eigenvalue weighted by molar-refractivity contribution is 1.04. The van der Waals surface area contributed by atoms with Crippen molar-refractivity contribution < 1.29 is 0 Å². The molecule has 0 aliphatic carbocycles. The van der Waals surface area contributed by atoms with E-state index in [4.69, 9.17) is 11.6 Å². The predicted octanol–water partition coefficient (Wildman–Crippen LogP) is 4.36. The van der Waals surface area contributed by atoms with Gasteiger partial charge in [0, 0.05) is 11.4 Å². The molecule has 1 aromatic heterocycles. The number of hydrogen-bond acceptors (Lipinski definition) is 2. The highest BCUT2D eigenvalue weighted by Crippen LogP contribution is 2.22. The van der Waals surface area contributed by atoms with Crippen molar-refractivity contribution in [2.24, 2.45) is 0 Å². The first-order valence-corrected chi connectivity index (χ1v) is 6.54. The molecule has 3 heteroatoms. The molecule has 0 aliphatic rings. The van der Waals surface area contributed by atoms with Gasteiger partial charge in [0.05, 0.1) is 10.7 Å². The number of anilines is 1. The van der Waals surface area contributed by atoms with Gasteiger partial charge in [-0.1, -0.05) is 23.7 Å². The van der Waals surface area contributed by atoms with Crippen molar-refractivity contribution in [1.29, 1.82) is 0 Å². The number of halogens is 1. The fourth-order valence-corrected chi connectivity index (χ4v) is 2.55. The van der Waals surface area contributed by atoms with E-state index >= 15 is 0 Å². The second-order valence-electron chi connectivity index (χ2n) is 3.74. The van der Waals surface area contributed by atoms with Crippen molar-refractivity contribution in [1.82, 2.24) is 0 Å². The van der Waals surface area contributed by atoms with Gasteiger partial charge in [0.2, 0.25) is 0 Å². The third-order valence-electron chi connectivity index (χ3n) is 2.39. The Morgan fingerprint density at radius 1 is 1.31 bits per heavy atom. The monoisotopic (exact) mass is 251 g/mol. The first-order chi connectivity index (χ1) is 7.75. The number of benzene rings is 1. The van der Waals surface area contributed by atoms with Gasteiger partial charge in [-0.2, -0.15) is 0 Å². The fourth-order valence-electron chi connectivity index (χ4n) is 1.54. The third-order valence-corrected chi connectivity index (χ3v) is 3.64. The maximum Gasteiger partial charge on any atom is 0.0640 e. The fraction of sp³-hybridized carbons (Fsp3) is 0.231. The van der Waals surface area contributed by atoms with E-state index < -0.39 is 0 Å². The summed E-state index contributed by atoms with van der Waals surface area (Å²) in [7, 11) is 0. The lowest BCUT2D eigenvalue weighted by Crippen LogP contribution is -2.04. The molecule has 0 unspecified atom stereocenters. The summed E-state index contributed by atoms with van der Waals surface area (Å²) in [6.07, 6.45) is 1.04. The summed E-state index contributed by atoms with van der Waals surface area (Å²) in [5.74, 6) is 0. The maximum absolute atomic E-state index is 6.13. The summed E-state index contributed by atoms with van der Waals surface area (Å²) in [6, 6.07) is 10.3. The van der Waals surface area contributed by atoms with Crippen LogP contribution in [0.5, 0.6) is 0 Å². The minimum Gasteiger partial charge on any atom is -0.383 e. The summed E-state index contributed by atoms with van der Waals surface area (Å²) in [6.45, 7) is 2.96. The number of nitrogens with one attached hydrogen (secondary N) is 1. The van der Waals surface area contributed by atoms with Crippen LogP contribution in [-0.2, 0) is 6.42 Å². The molecule has 0 saturated heterocycles. The molecule has 1 N–H and O–H groups in total. The standard InChI is InChI=1S/C13H14ClNS/c1-10-4-5-13(12(14)9-10)15-7-6-11-3-2-8-16-11/h2-5,8-9,15H,6-7H2,1H3. The van der Waals surface area contributed by atoms with Gasteiger partial charge in [-0.3, -0.25) is 0 Å². The normalized spacial score (nSPS) is 10.4. The van der Waals surface area contributed by atoms with Crippen LogP contribution in [0.25, 0.3) is 0 Å². The topological polar surface area (TPSA) is 12.0 Å². The molecule has 1 nitrogen and oxygen atoms in total. The van der Waals surface area contributed by atoms with E-state index in [0.29, 0.717) is 0 Å². The van der Waals surface area contributed by atoms with E-state index in [9.17, 15) is 0 Å². The molecular formula is C13H14ClNS. The van der Waals surface area contributed by atoms with Crippen LogP contribution in [0.15, 0.2) is 35.7 Å². The highest BCUT2D eigenvalue weighted by molar-refractivity contribution is 7.09. The zero-order chi connectivity index (χ0) is 11.4. The Balaban J connectivity index is 1.90. The van der Waals surface area contributed by atoms with Crippen LogP contribution in [0.3, 0.4) is 0 Å². The number of thiophene rings is 1. The van der Waals surface area contributed by atoms with Crippen LogP contribution >= 0.6 is 22.9 Å². The van der Waals surface area contributed by atoms with E-state index in [1.165, 1.54) is 10.4 Å². The molecule has 16 heavy (non-hydrogen) atoms. The van der Waals surface area contributed by atoms with Gasteiger partial charge in [0.1, 0.15) is 0 Å². The van der Waals surface area contributed by atoms with Gasteiger partial charge >= 0.3 is 0 Å². The lowest BCUT2D eigenvalue weighted by Gasteiger charge is -2.08. The predicted molar refractivity (Wildman–Crippen MR) is 72.7 cm³/mol. The van der Waals surface area contributed by atoms with Crippen LogP contribution < -0.4 is 5.32 Å². The number of aryl methyl sites for hydroxylation is 1. The van der Waals surface area contributed by atoms with Crippen molar-refractivity contribution in [2.45, 2.75) is 13.3 Å². The minimum absolute atomic E-state index is 0.797. The number of rotatable bonds is 4. The van der Waals surface area contributed by atoms with Crippen LogP contribution in [-0.4, -0.2) is 6.54 Å². The third kappa shape index (κ3) is 3.00. The SMILES string of the molecule is Cc1ccc(NCCc2cccs2)c(Cl)c1. The number of hydrogen-bond donors (Lipinski definition) is 1. The quantitative estimate of drug-likeness (QED) is 0.851. The zero-order valence-electron chi connectivity index (χ0n) is 9.16. The van der Waals surface area contributed by atoms with Crippen LogP contribution in [0.4, 0.5) is 5.69 Å². The Morgan fingerprint density at radius 2 is 2.19 bits per heavy atom. The molecule has 2 rings (SSSR count). The molecule has 0 spiro atoms. The second-order valence-corrected chi connectivity index (χ2v) is 5.18. The van der Waals surface area contributed by atoms with Gasteiger partial charge in [-0.15, -0.1) is 11.3 Å². The molecular weight excluding hydrogens is 238 g/mol. The molecule has 2 aromatic rings. The average Bonchev–Trinajstić information content (AvgIpc) is 2.74. The van der Waals surface area contributed by atoms with Crippen molar-refractivity contribution in [3.8, 4) is 0 Å². The Morgan fingerprint density at radius 3 is 2.88 bits per heavy atom. The largest absolute Gasteiger partial charge is 0.383 e. The Hall–Kier alpha value is -0.990. The minimum atomic E-state index is 0.797. The van der Waals surface area contributed by atoms with Gasteiger partial charge in [0.25, 0.3) is 0 Å².